The molecule has 1 saturated heterocycles. The summed E-state index contributed by atoms with van der Waals surface area (Å²) in [4.78, 5) is 58.5. The normalized spacial score (nSPS) is 15.0. The number of carbonyl (C=O) groups is 3. The highest BCUT2D eigenvalue weighted by molar-refractivity contribution is 7.13. The lowest BCUT2D eigenvalue weighted by Crippen LogP contribution is -2.49. The van der Waals surface area contributed by atoms with Crippen molar-refractivity contribution in [3.8, 4) is 5.75 Å². The van der Waals surface area contributed by atoms with Crippen molar-refractivity contribution in [3.63, 3.8) is 0 Å². The highest BCUT2D eigenvalue weighted by Crippen LogP contribution is 2.36. The summed E-state index contributed by atoms with van der Waals surface area (Å²) in [6.07, 6.45) is 0.367. The van der Waals surface area contributed by atoms with E-state index in [2.05, 4.69) is 56.2 Å². The van der Waals surface area contributed by atoms with Crippen molar-refractivity contribution in [1.82, 2.24) is 35.1 Å². The van der Waals surface area contributed by atoms with Crippen LogP contribution >= 0.6 is 11.3 Å². The lowest BCUT2D eigenvalue weighted by atomic mass is 9.91. The molecule has 0 aliphatic carbocycles. The van der Waals surface area contributed by atoms with E-state index in [0.29, 0.717) is 43.2 Å². The van der Waals surface area contributed by atoms with Crippen LogP contribution in [0.15, 0.2) is 30.9 Å². The lowest BCUT2D eigenvalue weighted by Gasteiger charge is -2.36. The number of hydrogen-bond donors (Lipinski definition) is 3. The minimum absolute atomic E-state index is 0.0331. The predicted molar refractivity (Wildman–Crippen MR) is 164 cm³/mol. The molecule has 4 rings (SSSR count). The van der Waals surface area contributed by atoms with E-state index in [0.717, 1.165) is 43.1 Å². The van der Waals surface area contributed by atoms with E-state index in [9.17, 15) is 32.7 Å². The number of rotatable bonds is 10. The molecule has 16 heteroatoms. The third kappa shape index (κ3) is 9.66. The molecule has 12 nitrogen and oxygen atoms in total. The number of carbonyl (C=O) groups excluding carboxylic acids is 3. The first kappa shape index (κ1) is 34.7. The van der Waals surface area contributed by atoms with Crippen molar-refractivity contribution in [2.75, 3.05) is 38.0 Å². The van der Waals surface area contributed by atoms with Crippen LogP contribution < -0.4 is 10.6 Å². The van der Waals surface area contributed by atoms with Gasteiger partial charge in [-0.2, -0.15) is 13.2 Å². The molecule has 1 aliphatic heterocycles. The van der Waals surface area contributed by atoms with E-state index >= 15 is 0 Å². The Morgan fingerprint density at radius 3 is 2.39 bits per heavy atom. The zero-order valence-corrected chi connectivity index (χ0v) is 26.8. The number of hydrogen-bond acceptors (Lipinski definition) is 10. The zero-order chi connectivity index (χ0) is 33.6. The number of pyridine rings is 1. The molecule has 0 aromatic carbocycles. The van der Waals surface area contributed by atoms with Gasteiger partial charge in [0.2, 0.25) is 5.91 Å². The highest BCUT2D eigenvalue weighted by Gasteiger charge is 2.34. The first-order valence-electron chi connectivity index (χ1n) is 14.7. The van der Waals surface area contributed by atoms with Gasteiger partial charge in [-0.05, 0) is 43.9 Å². The summed E-state index contributed by atoms with van der Waals surface area (Å²) in [5, 5.41) is 14.9. The second-order valence-corrected chi connectivity index (χ2v) is 13.3. The van der Waals surface area contributed by atoms with Crippen LogP contribution in [0, 0.1) is 5.41 Å². The van der Waals surface area contributed by atoms with Crippen LogP contribution in [-0.2, 0) is 17.4 Å². The van der Waals surface area contributed by atoms with Gasteiger partial charge in [-0.15, -0.1) is 11.3 Å². The third-order valence-electron chi connectivity index (χ3n) is 7.17. The van der Waals surface area contributed by atoms with Gasteiger partial charge < -0.3 is 20.6 Å². The minimum atomic E-state index is -4.83. The summed E-state index contributed by atoms with van der Waals surface area (Å²) in [5.74, 6) is -2.45. The molecule has 0 bridgehead atoms. The van der Waals surface area contributed by atoms with E-state index in [1.54, 1.807) is 13.0 Å². The fourth-order valence-electron chi connectivity index (χ4n) is 4.78. The number of aryl methyl sites for hydroxylation is 1. The molecule has 3 aromatic rings. The van der Waals surface area contributed by atoms with E-state index in [4.69, 9.17) is 0 Å². The molecule has 3 N–H and O–H groups in total. The summed E-state index contributed by atoms with van der Waals surface area (Å²) in [6.45, 7) is 11.8. The molecule has 4 heterocycles. The van der Waals surface area contributed by atoms with Crippen molar-refractivity contribution in [3.05, 3.63) is 57.7 Å². The number of anilines is 1. The number of thiazole rings is 1. The standard InChI is InChI=1S/C30H37F3N8O4S/c1-18(28-35-16-23(46-28)27(45)39-24-13-20(30(31,32)33)22(42)15-34-24)38-26(44)21-12-19(36-17-37-21)6-5-7-40-8-10-41(11-9-40)25(43)14-29(2,3)4/h12-13,15-18,42H,5-11,14H2,1-4H3,(H,38,44)(H,34,39,45). The Hall–Kier alpha value is -4.18. The molecule has 1 aliphatic rings. The number of aromatic nitrogens is 4. The van der Waals surface area contributed by atoms with E-state index in [1.165, 1.54) is 12.5 Å². The van der Waals surface area contributed by atoms with Crippen molar-refractivity contribution in [1.29, 1.82) is 0 Å². The van der Waals surface area contributed by atoms with E-state index in [-0.39, 0.29) is 21.9 Å². The third-order valence-corrected chi connectivity index (χ3v) is 8.34. The molecule has 3 aromatic heterocycles. The van der Waals surface area contributed by atoms with Crippen molar-refractivity contribution >= 4 is 34.9 Å². The first-order valence-corrected chi connectivity index (χ1v) is 15.6. The Labute approximate surface area is 268 Å². The fraction of sp³-hybridized carbons (Fsp3) is 0.500. The predicted octanol–water partition coefficient (Wildman–Crippen LogP) is 4.31. The molecule has 248 valence electrons. The number of halogens is 3. The Morgan fingerprint density at radius 1 is 1.00 bits per heavy atom. The summed E-state index contributed by atoms with van der Waals surface area (Å²) in [5.41, 5.74) is -0.465. The maximum absolute atomic E-state index is 13.1. The summed E-state index contributed by atoms with van der Waals surface area (Å²) in [7, 11) is 0. The van der Waals surface area contributed by atoms with Crippen molar-refractivity contribution in [2.24, 2.45) is 5.41 Å². The second kappa shape index (κ2) is 14.5. The Kier molecular flexibility index (Phi) is 10.9. The van der Waals surface area contributed by atoms with Crippen LogP contribution in [-0.4, -0.2) is 85.3 Å². The summed E-state index contributed by atoms with van der Waals surface area (Å²) in [6, 6.07) is 1.56. The monoisotopic (exact) mass is 662 g/mol. The number of nitrogens with zero attached hydrogens (tertiary/aromatic N) is 6. The van der Waals surface area contributed by atoms with Crippen molar-refractivity contribution < 1.29 is 32.7 Å². The maximum Gasteiger partial charge on any atom is 0.420 e. The van der Waals surface area contributed by atoms with E-state index < -0.39 is 41.2 Å². The fourth-order valence-corrected chi connectivity index (χ4v) is 5.59. The molecule has 0 spiro atoms. The quantitative estimate of drug-likeness (QED) is 0.288. The van der Waals surface area contributed by atoms with Crippen LogP contribution in [0.2, 0.25) is 0 Å². The lowest BCUT2D eigenvalue weighted by molar-refractivity contribution is -0.139. The average molecular weight is 663 g/mol. The largest absolute Gasteiger partial charge is 0.506 e. The Morgan fingerprint density at radius 2 is 1.72 bits per heavy atom. The summed E-state index contributed by atoms with van der Waals surface area (Å²) >= 11 is 0.954. The van der Waals surface area contributed by atoms with Crippen molar-refractivity contribution in [2.45, 2.75) is 59.2 Å². The summed E-state index contributed by atoms with van der Waals surface area (Å²) < 4.78 is 39.2. The van der Waals surface area contributed by atoms with Gasteiger partial charge >= 0.3 is 6.18 Å². The van der Waals surface area contributed by atoms with Crippen LogP contribution in [0.3, 0.4) is 0 Å². The molecular weight excluding hydrogens is 625 g/mol. The smallest absolute Gasteiger partial charge is 0.420 e. The molecule has 1 atom stereocenters. The van der Waals surface area contributed by atoms with Gasteiger partial charge in [0.15, 0.2) is 0 Å². The molecule has 46 heavy (non-hydrogen) atoms. The number of alkyl halides is 3. The van der Waals surface area contributed by atoms with Crippen LogP contribution in [0.4, 0.5) is 19.0 Å². The van der Waals surface area contributed by atoms with Gasteiger partial charge in [0, 0.05) is 38.3 Å². The minimum Gasteiger partial charge on any atom is -0.506 e. The van der Waals surface area contributed by atoms with Crippen LogP contribution in [0.5, 0.6) is 5.75 Å². The molecular formula is C30H37F3N8O4S. The SMILES string of the molecule is CC(NC(=O)c1cc(CCCN2CCN(C(=O)CC(C)(C)C)CC2)ncn1)c1ncc(C(=O)Nc2cc(C(F)(F)F)c(O)cn2)s1. The molecule has 0 saturated carbocycles. The number of aromatic hydroxyl groups is 1. The van der Waals surface area contributed by atoms with Gasteiger partial charge in [0.05, 0.1) is 18.4 Å². The maximum atomic E-state index is 13.1. The number of amides is 3. The molecule has 3 amide bonds. The number of piperazine rings is 1. The van der Waals surface area contributed by atoms with E-state index in [1.807, 2.05) is 4.90 Å². The topological polar surface area (TPSA) is 154 Å². The molecule has 0 radical (unpaired) electrons. The molecule has 1 fully saturated rings. The average Bonchev–Trinajstić information content (AvgIpc) is 3.48. The van der Waals surface area contributed by atoms with Gasteiger partial charge in [-0.25, -0.2) is 19.9 Å². The molecule has 1 unspecified atom stereocenters. The Bertz CT molecular complexity index is 1550. The van der Waals surface area contributed by atoms with Gasteiger partial charge in [0.1, 0.15) is 39.0 Å². The Balaban J connectivity index is 1.25. The second-order valence-electron chi connectivity index (χ2n) is 12.3. The highest BCUT2D eigenvalue weighted by atomic mass is 32.1. The number of nitrogens with one attached hydrogen (secondary N) is 2. The van der Waals surface area contributed by atoms with Gasteiger partial charge in [-0.3, -0.25) is 19.3 Å². The van der Waals surface area contributed by atoms with Gasteiger partial charge in [0.25, 0.3) is 11.8 Å². The first-order chi connectivity index (χ1) is 21.6. The van der Waals surface area contributed by atoms with Crippen LogP contribution in [0.1, 0.15) is 83.0 Å². The zero-order valence-electron chi connectivity index (χ0n) is 26.0. The van der Waals surface area contributed by atoms with Gasteiger partial charge in [-0.1, -0.05) is 20.8 Å². The van der Waals surface area contributed by atoms with Crippen LogP contribution in [0.25, 0.3) is 0 Å².